The van der Waals surface area contributed by atoms with Crippen LogP contribution in [0.5, 0.6) is 0 Å². The lowest BCUT2D eigenvalue weighted by atomic mass is 9.89. The molecule has 2 fully saturated rings. The van der Waals surface area contributed by atoms with E-state index in [0.717, 1.165) is 18.4 Å². The van der Waals surface area contributed by atoms with Crippen molar-refractivity contribution < 1.29 is 23.3 Å². The van der Waals surface area contributed by atoms with Gasteiger partial charge in [0.15, 0.2) is 0 Å². The Bertz CT molecular complexity index is 632. The third kappa shape index (κ3) is 3.31. The first-order chi connectivity index (χ1) is 11.5. The summed E-state index contributed by atoms with van der Waals surface area (Å²) in [6, 6.07) is 9.32. The molecule has 1 aromatic carbocycles. The van der Waals surface area contributed by atoms with Gasteiger partial charge in [-0.1, -0.05) is 30.3 Å². The van der Waals surface area contributed by atoms with Gasteiger partial charge in [-0.15, -0.1) is 0 Å². The summed E-state index contributed by atoms with van der Waals surface area (Å²) in [4.78, 5) is 24.5. The van der Waals surface area contributed by atoms with Crippen molar-refractivity contribution in [3.05, 3.63) is 35.9 Å². The summed E-state index contributed by atoms with van der Waals surface area (Å²) in [6.07, 6.45) is 1.65. The van der Waals surface area contributed by atoms with Gasteiger partial charge in [0, 0.05) is 21.3 Å². The van der Waals surface area contributed by atoms with E-state index in [0.29, 0.717) is 12.8 Å². The van der Waals surface area contributed by atoms with Crippen molar-refractivity contribution >= 4 is 22.9 Å². The van der Waals surface area contributed by atoms with Crippen molar-refractivity contribution in [2.24, 2.45) is 0 Å². The SMILES string of the molecule is COC(=O)C1(NC(=O)OCc2ccccc2)CC2CCC(C1)S2=O. The number of nitrogens with one attached hydrogen (secondary N) is 1. The van der Waals surface area contributed by atoms with Gasteiger partial charge in [-0.05, 0) is 31.2 Å². The molecular weight excluding hydrogens is 330 g/mol. The van der Waals surface area contributed by atoms with Gasteiger partial charge in [0.1, 0.15) is 12.1 Å². The highest BCUT2D eigenvalue weighted by atomic mass is 32.2. The summed E-state index contributed by atoms with van der Waals surface area (Å²) in [5, 5.41) is 2.56. The van der Waals surface area contributed by atoms with E-state index in [2.05, 4.69) is 5.32 Å². The number of ether oxygens (including phenoxy) is 2. The molecule has 1 N–H and O–H groups in total. The van der Waals surface area contributed by atoms with Gasteiger partial charge < -0.3 is 14.8 Å². The summed E-state index contributed by atoms with van der Waals surface area (Å²) >= 11 is 0. The van der Waals surface area contributed by atoms with Gasteiger partial charge in [0.25, 0.3) is 0 Å². The number of rotatable bonds is 4. The quantitative estimate of drug-likeness (QED) is 0.838. The molecule has 130 valence electrons. The lowest BCUT2D eigenvalue weighted by Gasteiger charge is -2.37. The minimum atomic E-state index is -1.14. The van der Waals surface area contributed by atoms with Crippen LogP contribution in [0.3, 0.4) is 0 Å². The summed E-state index contributed by atoms with van der Waals surface area (Å²) in [5.74, 6) is -0.493. The van der Waals surface area contributed by atoms with Gasteiger partial charge >= 0.3 is 12.1 Å². The van der Waals surface area contributed by atoms with Crippen LogP contribution >= 0.6 is 0 Å². The summed E-state index contributed by atoms with van der Waals surface area (Å²) in [5.41, 5.74) is -0.271. The highest BCUT2D eigenvalue weighted by Crippen LogP contribution is 2.41. The van der Waals surface area contributed by atoms with E-state index < -0.39 is 28.4 Å². The number of carbonyl (C=O) groups is 2. The van der Waals surface area contributed by atoms with Gasteiger partial charge in [0.05, 0.1) is 7.11 Å². The highest BCUT2D eigenvalue weighted by Gasteiger charge is 2.54. The molecule has 2 bridgehead atoms. The fourth-order valence-electron chi connectivity index (χ4n) is 3.57. The molecule has 2 saturated heterocycles. The zero-order valence-corrected chi connectivity index (χ0v) is 14.3. The topological polar surface area (TPSA) is 81.7 Å². The third-order valence-corrected chi connectivity index (χ3v) is 6.87. The number of amides is 1. The molecule has 2 aliphatic rings. The monoisotopic (exact) mass is 351 g/mol. The first kappa shape index (κ1) is 17.0. The average molecular weight is 351 g/mol. The normalized spacial score (nSPS) is 31.3. The molecule has 1 amide bonds. The Hall–Kier alpha value is -1.89. The molecule has 0 saturated carbocycles. The van der Waals surface area contributed by atoms with Gasteiger partial charge in [0.2, 0.25) is 0 Å². The summed E-state index contributed by atoms with van der Waals surface area (Å²) < 4.78 is 22.3. The van der Waals surface area contributed by atoms with Crippen molar-refractivity contribution in [2.45, 2.75) is 48.3 Å². The van der Waals surface area contributed by atoms with Crippen LogP contribution in [-0.2, 0) is 31.7 Å². The number of methoxy groups -OCH3 is 1. The Balaban J connectivity index is 1.68. The molecule has 7 heteroatoms. The van der Waals surface area contributed by atoms with Crippen LogP contribution in [0.1, 0.15) is 31.2 Å². The van der Waals surface area contributed by atoms with Crippen molar-refractivity contribution in [3.63, 3.8) is 0 Å². The minimum Gasteiger partial charge on any atom is -0.467 e. The maximum Gasteiger partial charge on any atom is 0.408 e. The number of carbonyl (C=O) groups excluding carboxylic acids is 2. The Morgan fingerprint density at radius 2 is 1.83 bits per heavy atom. The Morgan fingerprint density at radius 1 is 1.21 bits per heavy atom. The van der Waals surface area contributed by atoms with E-state index in [1.54, 1.807) is 0 Å². The Morgan fingerprint density at radius 3 is 2.42 bits per heavy atom. The fraction of sp³-hybridized carbons (Fsp3) is 0.529. The van der Waals surface area contributed by atoms with Crippen molar-refractivity contribution in [3.8, 4) is 0 Å². The predicted molar refractivity (Wildman–Crippen MR) is 88.7 cm³/mol. The lowest BCUT2D eigenvalue weighted by Crippen LogP contribution is -2.60. The molecule has 0 spiro atoms. The predicted octanol–water partition coefficient (Wildman–Crippen LogP) is 1.90. The van der Waals surface area contributed by atoms with Crippen LogP contribution < -0.4 is 5.32 Å². The fourth-order valence-corrected chi connectivity index (χ4v) is 5.75. The summed E-state index contributed by atoms with van der Waals surface area (Å²) in [6.45, 7) is 0.128. The molecular formula is C17H21NO5S. The van der Waals surface area contributed by atoms with Crippen LogP contribution in [0.15, 0.2) is 30.3 Å². The van der Waals surface area contributed by atoms with Crippen LogP contribution in [-0.4, -0.2) is 39.4 Å². The first-order valence-electron chi connectivity index (χ1n) is 8.01. The van der Waals surface area contributed by atoms with Crippen molar-refractivity contribution in [1.29, 1.82) is 0 Å². The molecule has 0 aliphatic carbocycles. The minimum absolute atomic E-state index is 0.0720. The zero-order valence-electron chi connectivity index (χ0n) is 13.5. The molecule has 1 aromatic rings. The largest absolute Gasteiger partial charge is 0.467 e. The van der Waals surface area contributed by atoms with Crippen LogP contribution in [0.4, 0.5) is 4.79 Å². The first-order valence-corrected chi connectivity index (χ1v) is 9.28. The maximum absolute atomic E-state index is 12.3. The molecule has 3 rings (SSSR count). The lowest BCUT2D eigenvalue weighted by molar-refractivity contribution is -0.149. The molecule has 6 nitrogen and oxygen atoms in total. The second kappa shape index (κ2) is 6.93. The second-order valence-corrected chi connectivity index (χ2v) is 8.31. The van der Waals surface area contributed by atoms with E-state index in [1.165, 1.54) is 7.11 Å². The molecule has 2 atom stereocenters. The number of alkyl carbamates (subject to hydrolysis) is 1. The third-order valence-electron chi connectivity index (χ3n) is 4.75. The van der Waals surface area contributed by atoms with Crippen molar-refractivity contribution in [1.82, 2.24) is 5.32 Å². The number of hydrogen-bond donors (Lipinski definition) is 1. The molecule has 2 aliphatic heterocycles. The van der Waals surface area contributed by atoms with E-state index >= 15 is 0 Å². The number of hydrogen-bond acceptors (Lipinski definition) is 5. The second-order valence-electron chi connectivity index (χ2n) is 6.32. The number of esters is 1. The molecule has 24 heavy (non-hydrogen) atoms. The standard InChI is InChI=1S/C17H21NO5S/c1-22-15(19)17(9-13-7-8-14(10-17)24(13)21)18-16(20)23-11-12-5-3-2-4-6-12/h2-6,13-14H,7-11H2,1H3,(H,18,20). The van der Waals surface area contributed by atoms with Gasteiger partial charge in [-0.25, -0.2) is 9.59 Å². The molecule has 2 heterocycles. The molecule has 2 unspecified atom stereocenters. The van der Waals surface area contributed by atoms with Gasteiger partial charge in [-0.3, -0.25) is 4.21 Å². The average Bonchev–Trinajstić information content (AvgIpc) is 2.82. The Labute approximate surface area is 143 Å². The Kier molecular flexibility index (Phi) is 4.89. The molecule has 0 radical (unpaired) electrons. The number of benzene rings is 1. The molecule has 0 aromatic heterocycles. The van der Waals surface area contributed by atoms with E-state index in [-0.39, 0.29) is 17.1 Å². The summed E-state index contributed by atoms with van der Waals surface area (Å²) in [7, 11) is 0.368. The smallest absolute Gasteiger partial charge is 0.408 e. The highest BCUT2D eigenvalue weighted by molar-refractivity contribution is 7.86. The maximum atomic E-state index is 12.3. The van der Waals surface area contributed by atoms with E-state index in [4.69, 9.17) is 9.47 Å². The van der Waals surface area contributed by atoms with Crippen LogP contribution in [0.2, 0.25) is 0 Å². The number of fused-ring (bicyclic) bond motifs is 2. The van der Waals surface area contributed by atoms with E-state index in [9.17, 15) is 13.8 Å². The van der Waals surface area contributed by atoms with Gasteiger partial charge in [-0.2, -0.15) is 0 Å². The zero-order chi connectivity index (χ0) is 17.2. The van der Waals surface area contributed by atoms with Crippen molar-refractivity contribution in [2.75, 3.05) is 7.11 Å². The van der Waals surface area contributed by atoms with E-state index in [1.807, 2.05) is 30.3 Å². The van der Waals surface area contributed by atoms with Crippen LogP contribution in [0, 0.1) is 0 Å². The van der Waals surface area contributed by atoms with Crippen LogP contribution in [0.25, 0.3) is 0 Å².